The number of hydrogen-bond donors (Lipinski definition) is 1. The van der Waals surface area contributed by atoms with Crippen molar-refractivity contribution in [2.45, 2.75) is 39.2 Å². The number of benzene rings is 2. The zero-order chi connectivity index (χ0) is 22.2. The first-order chi connectivity index (χ1) is 15.0. The van der Waals surface area contributed by atoms with Crippen molar-refractivity contribution in [3.63, 3.8) is 0 Å². The summed E-state index contributed by atoms with van der Waals surface area (Å²) in [7, 11) is 1.30. The van der Waals surface area contributed by atoms with Crippen LogP contribution >= 0.6 is 0 Å². The van der Waals surface area contributed by atoms with Crippen LogP contribution in [0, 0.1) is 5.92 Å². The van der Waals surface area contributed by atoms with Gasteiger partial charge in [0.15, 0.2) is 17.5 Å². The van der Waals surface area contributed by atoms with Gasteiger partial charge in [-0.15, -0.1) is 0 Å². The van der Waals surface area contributed by atoms with E-state index in [1.807, 2.05) is 0 Å². The lowest BCUT2D eigenvalue weighted by molar-refractivity contribution is -0.145. The number of ether oxygens (including phenoxy) is 4. The van der Waals surface area contributed by atoms with E-state index in [1.165, 1.54) is 7.11 Å². The summed E-state index contributed by atoms with van der Waals surface area (Å²) in [5, 5.41) is 2.76. The maximum absolute atomic E-state index is 12.6. The summed E-state index contributed by atoms with van der Waals surface area (Å²) in [4.78, 5) is 24.9. The third-order valence-electron chi connectivity index (χ3n) is 5.07. The van der Waals surface area contributed by atoms with Crippen LogP contribution in [-0.2, 0) is 20.7 Å². The van der Waals surface area contributed by atoms with Gasteiger partial charge < -0.3 is 24.3 Å². The number of methoxy groups -OCH3 is 1. The van der Waals surface area contributed by atoms with Gasteiger partial charge in [0.2, 0.25) is 12.7 Å². The Morgan fingerprint density at radius 1 is 1.10 bits per heavy atom. The summed E-state index contributed by atoms with van der Waals surface area (Å²) < 4.78 is 21.3. The molecule has 0 saturated heterocycles. The van der Waals surface area contributed by atoms with Gasteiger partial charge in [-0.3, -0.25) is 4.79 Å². The topological polar surface area (TPSA) is 83.1 Å². The summed E-state index contributed by atoms with van der Waals surface area (Å²) in [6, 6.07) is 11.6. The maximum atomic E-state index is 12.6. The molecule has 1 aliphatic rings. The summed E-state index contributed by atoms with van der Waals surface area (Å²) in [5.74, 6) is 1.62. The molecule has 0 saturated carbocycles. The van der Waals surface area contributed by atoms with Crippen molar-refractivity contribution in [1.82, 2.24) is 5.32 Å². The molecule has 0 aliphatic carbocycles. The molecular formula is C24H29NO6. The first-order valence-corrected chi connectivity index (χ1v) is 10.5. The van der Waals surface area contributed by atoms with Gasteiger partial charge in [0.05, 0.1) is 20.1 Å². The van der Waals surface area contributed by atoms with Gasteiger partial charge in [0.1, 0.15) is 5.75 Å². The number of esters is 1. The van der Waals surface area contributed by atoms with Crippen molar-refractivity contribution >= 4 is 11.9 Å². The lowest BCUT2D eigenvalue weighted by Gasteiger charge is -2.18. The third-order valence-corrected chi connectivity index (χ3v) is 5.07. The average Bonchev–Trinajstić information content (AvgIpc) is 3.24. The number of fused-ring (bicyclic) bond motifs is 1. The Bertz CT molecular complexity index is 895. The summed E-state index contributed by atoms with van der Waals surface area (Å²) >= 11 is 0. The van der Waals surface area contributed by atoms with E-state index in [-0.39, 0.29) is 19.1 Å². The van der Waals surface area contributed by atoms with Crippen LogP contribution in [0.3, 0.4) is 0 Å². The van der Waals surface area contributed by atoms with Gasteiger partial charge in [0, 0.05) is 0 Å². The standard InChI is InChI=1S/C24H29NO6/c1-4-5-16(2)14-29-19-9-7-18(8-10-19)23(24(27)28-3)25-22(26)13-17-6-11-20-21(12-17)31-15-30-20/h6-12,16,23H,4-5,13-15H2,1-3H3,(H,25,26)/t16?,23-/m1/s1. The average molecular weight is 427 g/mol. The second-order valence-corrected chi connectivity index (χ2v) is 7.66. The highest BCUT2D eigenvalue weighted by molar-refractivity contribution is 5.86. The third kappa shape index (κ3) is 6.13. The smallest absolute Gasteiger partial charge is 0.333 e. The number of hydrogen-bond acceptors (Lipinski definition) is 6. The molecule has 2 atom stereocenters. The molecule has 31 heavy (non-hydrogen) atoms. The lowest BCUT2D eigenvalue weighted by atomic mass is 10.1. The van der Waals surface area contributed by atoms with Gasteiger partial charge >= 0.3 is 5.97 Å². The van der Waals surface area contributed by atoms with E-state index in [0.29, 0.717) is 29.6 Å². The SMILES string of the molecule is CCCC(C)COc1ccc([C@@H](NC(=O)Cc2ccc3c(c2)OCO3)C(=O)OC)cc1. The molecule has 7 heteroatoms. The highest BCUT2D eigenvalue weighted by Crippen LogP contribution is 2.32. The van der Waals surface area contributed by atoms with Crippen molar-refractivity contribution in [2.24, 2.45) is 5.92 Å². The van der Waals surface area contributed by atoms with Crippen molar-refractivity contribution in [2.75, 3.05) is 20.5 Å². The van der Waals surface area contributed by atoms with Crippen molar-refractivity contribution in [1.29, 1.82) is 0 Å². The fraction of sp³-hybridized carbons (Fsp3) is 0.417. The molecule has 166 valence electrons. The van der Waals surface area contributed by atoms with Crippen molar-refractivity contribution in [3.05, 3.63) is 53.6 Å². The van der Waals surface area contributed by atoms with Crippen LogP contribution in [-0.4, -0.2) is 32.4 Å². The molecule has 1 heterocycles. The monoisotopic (exact) mass is 427 g/mol. The predicted molar refractivity (Wildman–Crippen MR) is 115 cm³/mol. The molecule has 3 rings (SSSR count). The van der Waals surface area contributed by atoms with Crippen LogP contribution in [0.1, 0.15) is 43.9 Å². The van der Waals surface area contributed by atoms with Crippen LogP contribution in [0.15, 0.2) is 42.5 Å². The first-order valence-electron chi connectivity index (χ1n) is 10.5. The van der Waals surface area contributed by atoms with E-state index in [1.54, 1.807) is 42.5 Å². The van der Waals surface area contributed by atoms with Gasteiger partial charge in [-0.25, -0.2) is 4.79 Å². The van der Waals surface area contributed by atoms with E-state index in [9.17, 15) is 9.59 Å². The summed E-state index contributed by atoms with van der Waals surface area (Å²) in [5.41, 5.74) is 1.38. The fourth-order valence-corrected chi connectivity index (χ4v) is 3.42. The highest BCUT2D eigenvalue weighted by atomic mass is 16.7. The Kier molecular flexibility index (Phi) is 7.76. The van der Waals surface area contributed by atoms with E-state index < -0.39 is 12.0 Å². The zero-order valence-electron chi connectivity index (χ0n) is 18.2. The van der Waals surface area contributed by atoms with E-state index >= 15 is 0 Å². The second kappa shape index (κ2) is 10.7. The normalized spacial score (nSPS) is 13.9. The van der Waals surface area contributed by atoms with Crippen LogP contribution in [0.5, 0.6) is 17.2 Å². The molecule has 0 spiro atoms. The van der Waals surface area contributed by atoms with E-state index in [2.05, 4.69) is 19.2 Å². The molecule has 2 aromatic carbocycles. The van der Waals surface area contributed by atoms with E-state index in [4.69, 9.17) is 18.9 Å². The summed E-state index contributed by atoms with van der Waals surface area (Å²) in [6.45, 7) is 5.12. The minimum Gasteiger partial charge on any atom is -0.493 e. The molecule has 0 bridgehead atoms. The molecule has 1 unspecified atom stereocenters. The van der Waals surface area contributed by atoms with Crippen molar-refractivity contribution in [3.8, 4) is 17.2 Å². The maximum Gasteiger partial charge on any atom is 0.333 e. The number of amides is 1. The van der Waals surface area contributed by atoms with Crippen LogP contribution in [0.4, 0.5) is 0 Å². The molecule has 0 radical (unpaired) electrons. The quantitative estimate of drug-likeness (QED) is 0.581. The lowest BCUT2D eigenvalue weighted by Crippen LogP contribution is -2.35. The van der Waals surface area contributed by atoms with Crippen molar-refractivity contribution < 1.29 is 28.5 Å². The predicted octanol–water partition coefficient (Wildman–Crippen LogP) is 3.80. The Labute approximate surface area is 182 Å². The molecule has 0 aromatic heterocycles. The second-order valence-electron chi connectivity index (χ2n) is 7.66. The molecule has 1 N–H and O–H groups in total. The Hall–Kier alpha value is -3.22. The van der Waals surface area contributed by atoms with Crippen LogP contribution in [0.2, 0.25) is 0 Å². The Morgan fingerprint density at radius 2 is 1.84 bits per heavy atom. The minimum atomic E-state index is -0.903. The molecular weight excluding hydrogens is 398 g/mol. The number of nitrogens with one attached hydrogen (secondary N) is 1. The van der Waals surface area contributed by atoms with E-state index in [0.717, 1.165) is 24.2 Å². The number of carbonyl (C=O) groups excluding carboxylic acids is 2. The Balaban J connectivity index is 1.63. The Morgan fingerprint density at radius 3 is 2.55 bits per heavy atom. The largest absolute Gasteiger partial charge is 0.493 e. The van der Waals surface area contributed by atoms with Gasteiger partial charge in [-0.05, 0) is 47.7 Å². The molecule has 7 nitrogen and oxygen atoms in total. The van der Waals surface area contributed by atoms with Gasteiger partial charge in [0.25, 0.3) is 0 Å². The van der Waals surface area contributed by atoms with Gasteiger partial charge in [-0.1, -0.05) is 38.5 Å². The number of rotatable bonds is 10. The van der Waals surface area contributed by atoms with Gasteiger partial charge in [-0.2, -0.15) is 0 Å². The minimum absolute atomic E-state index is 0.0979. The highest BCUT2D eigenvalue weighted by Gasteiger charge is 2.24. The summed E-state index contributed by atoms with van der Waals surface area (Å²) in [6.07, 6.45) is 2.33. The molecule has 1 aliphatic heterocycles. The number of carbonyl (C=O) groups is 2. The molecule has 2 aromatic rings. The van der Waals surface area contributed by atoms with Crippen LogP contribution < -0.4 is 19.5 Å². The molecule has 0 fully saturated rings. The molecule has 1 amide bonds. The fourth-order valence-electron chi connectivity index (χ4n) is 3.42. The first kappa shape index (κ1) is 22.5. The zero-order valence-corrected chi connectivity index (χ0v) is 18.2. The van der Waals surface area contributed by atoms with Crippen LogP contribution in [0.25, 0.3) is 0 Å².